The van der Waals surface area contributed by atoms with Crippen LogP contribution in [0.25, 0.3) is 0 Å². The van der Waals surface area contributed by atoms with Crippen molar-refractivity contribution in [1.82, 2.24) is 5.32 Å². The van der Waals surface area contributed by atoms with E-state index in [1.165, 1.54) is 12.1 Å². The van der Waals surface area contributed by atoms with Crippen LogP contribution in [0.3, 0.4) is 0 Å². The molecule has 2 heterocycles. The molecule has 0 saturated carbocycles. The summed E-state index contributed by atoms with van der Waals surface area (Å²) in [5.74, 6) is -2.37. The number of amides is 1. The van der Waals surface area contributed by atoms with E-state index in [1.807, 2.05) is 4.90 Å². The monoisotopic (exact) mass is 414 g/mol. The summed E-state index contributed by atoms with van der Waals surface area (Å²) < 4.78 is 58.8. The van der Waals surface area contributed by atoms with Crippen molar-refractivity contribution in [1.29, 1.82) is 0 Å². The van der Waals surface area contributed by atoms with E-state index in [1.54, 1.807) is 24.3 Å². The molecule has 0 spiro atoms. The van der Waals surface area contributed by atoms with Gasteiger partial charge in [0.15, 0.2) is 17.3 Å². The Hall–Kier alpha value is -2.48. The minimum absolute atomic E-state index is 0.0632. The number of piperidine rings is 1. The number of carbonyl (C=O) groups excluding carboxylic acids is 1. The minimum Gasteiger partial charge on any atom is -0.452 e. The van der Waals surface area contributed by atoms with Gasteiger partial charge in [0.2, 0.25) is 0 Å². The highest BCUT2D eigenvalue weighted by atomic mass is 35.5. The van der Waals surface area contributed by atoms with Gasteiger partial charge >= 0.3 is 12.1 Å². The number of alkyl halides is 3. The maximum Gasteiger partial charge on any atom is 0.471 e. The maximum atomic E-state index is 14.5. The number of benzene rings is 2. The van der Waals surface area contributed by atoms with Crippen LogP contribution in [0.1, 0.15) is 24.4 Å². The average Bonchev–Trinajstić information content (AvgIpc) is 2.77. The smallest absolute Gasteiger partial charge is 0.452 e. The van der Waals surface area contributed by atoms with E-state index in [9.17, 15) is 22.4 Å². The van der Waals surface area contributed by atoms with Crippen molar-refractivity contribution < 1.29 is 27.1 Å². The fourth-order valence-electron chi connectivity index (χ4n) is 3.83. The molecule has 9 heteroatoms. The second-order valence-corrected chi connectivity index (χ2v) is 7.17. The van der Waals surface area contributed by atoms with Crippen molar-refractivity contribution in [3.8, 4) is 11.5 Å². The Morgan fingerprint density at radius 3 is 2.79 bits per heavy atom. The number of nitrogens with one attached hydrogen (secondary N) is 1. The summed E-state index contributed by atoms with van der Waals surface area (Å²) in [6.07, 6.45) is -4.15. The lowest BCUT2D eigenvalue weighted by molar-refractivity contribution is -0.174. The summed E-state index contributed by atoms with van der Waals surface area (Å²) in [5, 5.41) is 2.49. The summed E-state index contributed by atoms with van der Waals surface area (Å²) in [4.78, 5) is 13.4. The lowest BCUT2D eigenvalue weighted by Gasteiger charge is -2.42. The van der Waals surface area contributed by atoms with Gasteiger partial charge in [-0.05, 0) is 37.1 Å². The number of rotatable bonds is 1. The number of fused-ring (bicyclic) bond motifs is 5. The van der Waals surface area contributed by atoms with E-state index >= 15 is 0 Å². The number of anilines is 1. The van der Waals surface area contributed by atoms with Crippen molar-refractivity contribution in [2.24, 2.45) is 0 Å². The number of para-hydroxylation sites is 1. The van der Waals surface area contributed by atoms with Crippen molar-refractivity contribution in [3.63, 3.8) is 0 Å². The second kappa shape index (κ2) is 6.84. The molecule has 0 aliphatic carbocycles. The Morgan fingerprint density at radius 2 is 2.04 bits per heavy atom. The first-order valence-electron chi connectivity index (χ1n) is 8.66. The predicted molar refractivity (Wildman–Crippen MR) is 95.2 cm³/mol. The summed E-state index contributed by atoms with van der Waals surface area (Å²) in [7, 11) is 0. The molecule has 0 bridgehead atoms. The van der Waals surface area contributed by atoms with E-state index < -0.39 is 30.0 Å². The molecule has 1 amide bonds. The van der Waals surface area contributed by atoms with Gasteiger partial charge in [-0.15, -0.1) is 0 Å². The molecular formula is C19H15ClF4N2O2. The third-order valence-corrected chi connectivity index (χ3v) is 5.20. The molecule has 2 aromatic rings. The first kappa shape index (κ1) is 18.9. The van der Waals surface area contributed by atoms with Crippen LogP contribution in [0.2, 0.25) is 5.02 Å². The summed E-state index contributed by atoms with van der Waals surface area (Å²) >= 11 is 6.11. The number of carbonyl (C=O) groups is 1. The third kappa shape index (κ3) is 3.26. The van der Waals surface area contributed by atoms with Gasteiger partial charge in [-0.25, -0.2) is 4.39 Å². The zero-order valence-electron chi connectivity index (χ0n) is 14.4. The highest BCUT2D eigenvalue weighted by Crippen LogP contribution is 2.49. The van der Waals surface area contributed by atoms with Crippen molar-refractivity contribution >= 4 is 23.2 Å². The molecule has 2 atom stereocenters. The number of hydrogen-bond acceptors (Lipinski definition) is 3. The Labute approximate surface area is 163 Å². The molecule has 0 radical (unpaired) electrons. The first-order chi connectivity index (χ1) is 13.3. The van der Waals surface area contributed by atoms with E-state index in [-0.39, 0.29) is 5.75 Å². The van der Waals surface area contributed by atoms with Crippen LogP contribution in [-0.4, -0.2) is 24.7 Å². The van der Waals surface area contributed by atoms with Crippen LogP contribution in [-0.2, 0) is 4.79 Å². The van der Waals surface area contributed by atoms with Gasteiger partial charge in [-0.2, -0.15) is 13.2 Å². The molecule has 2 aliphatic heterocycles. The van der Waals surface area contributed by atoms with E-state index in [2.05, 4.69) is 5.32 Å². The Balaban J connectivity index is 1.85. The predicted octanol–water partition coefficient (Wildman–Crippen LogP) is 4.97. The van der Waals surface area contributed by atoms with Crippen LogP contribution >= 0.6 is 11.6 Å². The quantitative estimate of drug-likeness (QED) is 0.670. The number of halogens is 5. The van der Waals surface area contributed by atoms with E-state index in [0.717, 1.165) is 0 Å². The summed E-state index contributed by atoms with van der Waals surface area (Å²) in [6.45, 7) is 0.496. The summed E-state index contributed by atoms with van der Waals surface area (Å²) in [6, 6.07) is 7.49. The molecule has 4 nitrogen and oxygen atoms in total. The van der Waals surface area contributed by atoms with Crippen LogP contribution < -0.4 is 15.0 Å². The zero-order chi connectivity index (χ0) is 20.1. The van der Waals surface area contributed by atoms with Gasteiger partial charge in [-0.1, -0.05) is 23.7 Å². The van der Waals surface area contributed by atoms with Gasteiger partial charge in [0.05, 0.1) is 17.8 Å². The van der Waals surface area contributed by atoms with Crippen LogP contribution in [0.15, 0.2) is 36.4 Å². The Kier molecular flexibility index (Phi) is 4.61. The molecule has 0 aromatic heterocycles. The van der Waals surface area contributed by atoms with Crippen molar-refractivity contribution in [3.05, 3.63) is 52.8 Å². The standard InChI is InChI=1S/C19H15ClF4N2O2/c20-10-6-7-15-14(9-10)26-8-2-5-13(25-18(27)19(22,23)24)16(26)11-3-1-4-12(21)17(11)28-15/h1,3-4,6-7,9,13,16H,2,5,8H2,(H,25,27)/t13-,16+/m1/s1. The van der Waals surface area contributed by atoms with Gasteiger partial charge in [0.25, 0.3) is 0 Å². The summed E-state index contributed by atoms with van der Waals surface area (Å²) in [5.41, 5.74) is 0.915. The molecular weight excluding hydrogens is 400 g/mol. The number of hydrogen-bond donors (Lipinski definition) is 1. The minimum atomic E-state index is -5.00. The van der Waals surface area contributed by atoms with Gasteiger partial charge in [0.1, 0.15) is 0 Å². The van der Waals surface area contributed by atoms with Crippen LogP contribution in [0, 0.1) is 5.82 Å². The number of ether oxygens (including phenoxy) is 1. The topological polar surface area (TPSA) is 41.6 Å². The fourth-order valence-corrected chi connectivity index (χ4v) is 4.00. The average molecular weight is 415 g/mol. The molecule has 1 fully saturated rings. The molecule has 2 aromatic carbocycles. The molecule has 28 heavy (non-hydrogen) atoms. The molecule has 2 aliphatic rings. The SMILES string of the molecule is O=C(N[C@@H]1CCCN2c3cc(Cl)ccc3Oc3c(F)cccc3[C@@H]12)C(F)(F)F. The second-order valence-electron chi connectivity index (χ2n) is 6.73. The molecule has 1 saturated heterocycles. The first-order valence-corrected chi connectivity index (χ1v) is 9.03. The van der Waals surface area contributed by atoms with E-state index in [4.69, 9.17) is 16.3 Å². The normalized spacial score (nSPS) is 21.0. The Bertz CT molecular complexity index is 935. The van der Waals surface area contributed by atoms with Crippen LogP contribution in [0.4, 0.5) is 23.2 Å². The van der Waals surface area contributed by atoms with Gasteiger partial charge in [0, 0.05) is 17.1 Å². The molecule has 1 N–H and O–H groups in total. The molecule has 0 unspecified atom stereocenters. The lowest BCUT2D eigenvalue weighted by atomic mass is 9.89. The van der Waals surface area contributed by atoms with E-state index in [0.29, 0.717) is 41.4 Å². The highest BCUT2D eigenvalue weighted by molar-refractivity contribution is 6.31. The van der Waals surface area contributed by atoms with Gasteiger partial charge in [-0.3, -0.25) is 4.79 Å². The van der Waals surface area contributed by atoms with Crippen molar-refractivity contribution in [2.75, 3.05) is 11.4 Å². The molecule has 148 valence electrons. The number of nitrogens with zero attached hydrogens (tertiary/aromatic N) is 1. The Morgan fingerprint density at radius 1 is 1.25 bits per heavy atom. The third-order valence-electron chi connectivity index (χ3n) is 4.96. The van der Waals surface area contributed by atoms with Gasteiger partial charge < -0.3 is 15.0 Å². The lowest BCUT2D eigenvalue weighted by Crippen LogP contribution is -2.52. The fraction of sp³-hybridized carbons (Fsp3) is 0.316. The largest absolute Gasteiger partial charge is 0.471 e. The maximum absolute atomic E-state index is 14.5. The van der Waals surface area contributed by atoms with Crippen molar-refractivity contribution in [2.45, 2.75) is 31.1 Å². The molecule has 4 rings (SSSR count). The highest BCUT2D eigenvalue weighted by Gasteiger charge is 2.44. The zero-order valence-corrected chi connectivity index (χ0v) is 15.1. The van der Waals surface area contributed by atoms with Crippen LogP contribution in [0.5, 0.6) is 11.5 Å².